The van der Waals surface area contributed by atoms with Gasteiger partial charge < -0.3 is 10.2 Å². The van der Waals surface area contributed by atoms with Crippen LogP contribution in [0, 0.1) is 18.6 Å². The Balaban J connectivity index is 0.000000172. The van der Waals surface area contributed by atoms with E-state index in [1.54, 1.807) is 12.1 Å². The molecule has 0 saturated heterocycles. The van der Waals surface area contributed by atoms with Gasteiger partial charge >= 0.3 is 0 Å². The number of rotatable bonds is 1. The topological polar surface area (TPSA) is 80.3 Å². The van der Waals surface area contributed by atoms with Crippen molar-refractivity contribution in [1.29, 1.82) is 0 Å². The van der Waals surface area contributed by atoms with E-state index in [4.69, 9.17) is 0 Å². The standard InChI is InChI=1S/C14H8O4.C12H8.C6H5.Sb/c15-10-6-5-9-11(14(10)18)13(17)8-4-2-1-3-7(8)12(9)16;1-3-7-11(8-4-1)12-9-5-2-6-10-12;1-2-4-6-5-3-1;/h1-6,15,18H;1-7,9H;1-5H;/p-2. The van der Waals surface area contributed by atoms with Crippen molar-refractivity contribution in [2.45, 2.75) is 0 Å². The zero-order valence-electron chi connectivity index (χ0n) is 19.5. The minimum absolute atomic E-state index is 0. The summed E-state index contributed by atoms with van der Waals surface area (Å²) in [5.74, 6) is -2.62. The molecule has 0 saturated carbocycles. The summed E-state index contributed by atoms with van der Waals surface area (Å²) in [5, 5.41) is 23.0. The average molecular weight is 589 g/mol. The average Bonchev–Trinajstić information content (AvgIpc) is 2.96. The van der Waals surface area contributed by atoms with E-state index in [2.05, 4.69) is 17.9 Å². The summed E-state index contributed by atoms with van der Waals surface area (Å²) in [6, 6.07) is 21.1. The monoisotopic (exact) mass is 588 g/mol. The normalized spacial score (nSPS) is 13.5. The first-order valence-electron chi connectivity index (χ1n) is 11.1. The molecule has 0 fully saturated rings. The van der Waals surface area contributed by atoms with Gasteiger partial charge in [0.1, 0.15) is 5.57 Å². The van der Waals surface area contributed by atoms with Gasteiger partial charge in [0.25, 0.3) is 0 Å². The van der Waals surface area contributed by atoms with Gasteiger partial charge in [-0.05, 0) is 11.6 Å². The molecule has 37 heavy (non-hydrogen) atoms. The maximum absolute atomic E-state index is 12.1. The van der Waals surface area contributed by atoms with E-state index in [9.17, 15) is 19.8 Å². The van der Waals surface area contributed by atoms with Gasteiger partial charge in [-0.15, -0.1) is 23.7 Å². The molecule has 4 nitrogen and oxygen atoms in total. The molecule has 3 aromatic rings. The van der Waals surface area contributed by atoms with E-state index in [1.165, 1.54) is 18.2 Å². The Kier molecular flexibility index (Phi) is 9.67. The summed E-state index contributed by atoms with van der Waals surface area (Å²) < 4.78 is 0. The molecule has 0 unspecified atom stereocenters. The molecule has 6 rings (SSSR count). The Morgan fingerprint density at radius 1 is 0.811 bits per heavy atom. The molecule has 3 aromatic carbocycles. The first-order chi connectivity index (χ1) is 17.6. The third-order valence-electron chi connectivity index (χ3n) is 5.32. The van der Waals surface area contributed by atoms with Crippen LogP contribution in [0.25, 0.3) is 0 Å². The van der Waals surface area contributed by atoms with Crippen LogP contribution in [0.2, 0.25) is 0 Å². The van der Waals surface area contributed by atoms with Gasteiger partial charge in [-0.3, -0.25) is 9.59 Å². The molecule has 178 valence electrons. The van der Waals surface area contributed by atoms with E-state index >= 15 is 0 Å². The molecule has 0 aromatic heterocycles. The smallest absolute Gasteiger partial charge is 0.194 e. The second-order valence-electron chi connectivity index (χ2n) is 7.65. The number of allylic oxidation sites excluding steroid dienone is 9. The summed E-state index contributed by atoms with van der Waals surface area (Å²) in [4.78, 5) is 24.3. The fourth-order valence-corrected chi connectivity index (χ4v) is 3.60. The second-order valence-corrected chi connectivity index (χ2v) is 7.65. The SMILES string of the molecule is C1=C[CH-]C=CC=1C1=CC=CC=[C+]1.O=C1c2ccccc2C(=O)c2c1ccc([O-])c2[O-].[Sb].[c]1ccccc1. The molecule has 0 heterocycles. The molecule has 3 aliphatic carbocycles. The van der Waals surface area contributed by atoms with Crippen LogP contribution < -0.4 is 10.2 Å². The number of hydrogen-bond acceptors (Lipinski definition) is 4. The molecular formula is C32H19O4Sb-2. The predicted molar refractivity (Wildman–Crippen MR) is 140 cm³/mol. The van der Waals surface area contributed by atoms with Gasteiger partial charge in [0.05, 0.1) is 6.08 Å². The van der Waals surface area contributed by atoms with E-state index < -0.39 is 23.1 Å². The van der Waals surface area contributed by atoms with E-state index in [-0.39, 0.29) is 46.7 Å². The number of benzene rings is 3. The summed E-state index contributed by atoms with van der Waals surface area (Å²) in [7, 11) is 0. The molecule has 0 amide bonds. The zero-order chi connectivity index (χ0) is 25.3. The molecule has 4 radical (unpaired) electrons. The summed E-state index contributed by atoms with van der Waals surface area (Å²) in [5.41, 5.74) is 5.51. The van der Waals surface area contributed by atoms with Crippen molar-refractivity contribution in [1.82, 2.24) is 0 Å². The van der Waals surface area contributed by atoms with Gasteiger partial charge in [-0.2, -0.15) is 12.5 Å². The molecular weight excluding hydrogens is 570 g/mol. The summed E-state index contributed by atoms with van der Waals surface area (Å²) in [6.07, 6.45) is 19.0. The van der Waals surface area contributed by atoms with Crippen molar-refractivity contribution < 1.29 is 19.8 Å². The second kappa shape index (κ2) is 13.1. The van der Waals surface area contributed by atoms with Crippen molar-refractivity contribution in [3.05, 3.63) is 167 Å². The molecule has 0 spiro atoms. The van der Waals surface area contributed by atoms with Gasteiger partial charge in [0, 0.05) is 71.0 Å². The number of fused-ring (bicyclic) bond motifs is 2. The van der Waals surface area contributed by atoms with Crippen molar-refractivity contribution in [2.24, 2.45) is 0 Å². The molecule has 5 heteroatoms. The fourth-order valence-electron chi connectivity index (χ4n) is 3.60. The van der Waals surface area contributed by atoms with Crippen molar-refractivity contribution in [3.8, 4) is 11.5 Å². The molecule has 3 aliphatic rings. The van der Waals surface area contributed by atoms with Crippen LogP contribution in [0.1, 0.15) is 31.8 Å². The van der Waals surface area contributed by atoms with E-state index in [0.717, 1.165) is 17.2 Å². The van der Waals surface area contributed by atoms with Crippen molar-refractivity contribution in [2.75, 3.05) is 0 Å². The van der Waals surface area contributed by atoms with Crippen LogP contribution in [0.15, 0.2) is 126 Å². The minimum atomic E-state index is -0.902. The van der Waals surface area contributed by atoms with Crippen LogP contribution in [-0.4, -0.2) is 36.0 Å². The molecule has 0 atom stereocenters. The maximum atomic E-state index is 12.1. The van der Waals surface area contributed by atoms with Crippen LogP contribution >= 0.6 is 0 Å². The number of carbonyl (C=O) groups is 2. The van der Waals surface area contributed by atoms with Crippen LogP contribution in [0.5, 0.6) is 11.5 Å². The first kappa shape index (κ1) is 27.3. The third-order valence-corrected chi connectivity index (χ3v) is 5.32. The van der Waals surface area contributed by atoms with Gasteiger partial charge in [0.2, 0.25) is 0 Å². The quantitative estimate of drug-likeness (QED) is 0.187. The Labute approximate surface area is 233 Å². The predicted octanol–water partition coefficient (Wildman–Crippen LogP) is 4.41. The minimum Gasteiger partial charge on any atom is -0.873 e. The number of carbonyl (C=O) groups excluding carboxylic acids is 2. The summed E-state index contributed by atoms with van der Waals surface area (Å²) >= 11 is 0. The summed E-state index contributed by atoms with van der Waals surface area (Å²) in [6.45, 7) is 0. The van der Waals surface area contributed by atoms with E-state index in [0.29, 0.717) is 0 Å². The molecule has 0 aliphatic heterocycles. The van der Waals surface area contributed by atoms with Crippen molar-refractivity contribution in [3.63, 3.8) is 0 Å². The Bertz CT molecular complexity index is 1460. The van der Waals surface area contributed by atoms with Crippen LogP contribution in [0.4, 0.5) is 0 Å². The fraction of sp³-hybridized carbons (Fsp3) is 0. The first-order valence-corrected chi connectivity index (χ1v) is 11.1. The van der Waals surface area contributed by atoms with Gasteiger partial charge in [0.15, 0.2) is 11.6 Å². The van der Waals surface area contributed by atoms with Gasteiger partial charge in [-0.1, -0.05) is 66.7 Å². The Hall–Kier alpha value is -4.32. The molecule has 0 N–H and O–H groups in total. The Morgan fingerprint density at radius 2 is 1.54 bits per heavy atom. The number of hydrogen-bond donors (Lipinski definition) is 0. The van der Waals surface area contributed by atoms with E-state index in [1.807, 2.05) is 79.3 Å². The Morgan fingerprint density at radius 3 is 2.11 bits per heavy atom. The third kappa shape index (κ3) is 6.47. The molecule has 0 bridgehead atoms. The van der Waals surface area contributed by atoms with Crippen LogP contribution in [-0.2, 0) is 0 Å². The maximum Gasteiger partial charge on any atom is 0.194 e. The number of ketones is 2. The van der Waals surface area contributed by atoms with Crippen LogP contribution in [0.3, 0.4) is 0 Å². The van der Waals surface area contributed by atoms with Crippen molar-refractivity contribution >= 4 is 36.0 Å². The largest absolute Gasteiger partial charge is 0.873 e. The van der Waals surface area contributed by atoms with Gasteiger partial charge in [-0.25, -0.2) is 5.73 Å². The zero-order valence-corrected chi connectivity index (χ0v) is 22.1.